The number of aliphatic hydroxyl groups is 2. The molecule has 5 fully saturated rings. The van der Waals surface area contributed by atoms with Crippen LogP contribution in [0.2, 0.25) is 0 Å². The summed E-state index contributed by atoms with van der Waals surface area (Å²) in [6.07, 6.45) is 10.6. The fourth-order valence-electron chi connectivity index (χ4n) is 9.90. The van der Waals surface area contributed by atoms with Crippen molar-refractivity contribution in [3.05, 3.63) is 11.6 Å². The Morgan fingerprint density at radius 2 is 1.87 bits per heavy atom. The van der Waals surface area contributed by atoms with Crippen molar-refractivity contribution in [1.82, 2.24) is 5.32 Å². The standard InChI is InChI=1S/C27H43NO3/c1-15-7-10-27(28-14-15)16(2)24-22(31-27)13-21-19-6-5-17-11-18(29)12-23(30)26(17,4)20(19)8-9-25(21,24)3/h5,15-16,18-24,28-30H,6-14H2,1-4H3/t15-,16-,18+,19+,20+,21+,22+,23+,24-,25-,26-,27+/m0/s1. The zero-order valence-electron chi connectivity index (χ0n) is 19.9. The van der Waals surface area contributed by atoms with E-state index in [0.717, 1.165) is 31.7 Å². The van der Waals surface area contributed by atoms with E-state index in [1.807, 2.05) is 0 Å². The van der Waals surface area contributed by atoms with Crippen molar-refractivity contribution in [2.45, 2.75) is 103 Å². The van der Waals surface area contributed by atoms with E-state index in [0.29, 0.717) is 47.5 Å². The summed E-state index contributed by atoms with van der Waals surface area (Å²) >= 11 is 0. The molecule has 6 rings (SSSR count). The van der Waals surface area contributed by atoms with Gasteiger partial charge >= 0.3 is 0 Å². The van der Waals surface area contributed by atoms with E-state index in [1.54, 1.807) is 0 Å². The van der Waals surface area contributed by atoms with Gasteiger partial charge in [0.15, 0.2) is 0 Å². The summed E-state index contributed by atoms with van der Waals surface area (Å²) in [6, 6.07) is 0. The third kappa shape index (κ3) is 2.68. The summed E-state index contributed by atoms with van der Waals surface area (Å²) in [5, 5.41) is 25.3. The van der Waals surface area contributed by atoms with Crippen molar-refractivity contribution in [2.24, 2.45) is 46.3 Å². The molecule has 4 nitrogen and oxygen atoms in total. The van der Waals surface area contributed by atoms with Gasteiger partial charge in [-0.05, 0) is 80.0 Å². The molecule has 0 amide bonds. The second-order valence-corrected chi connectivity index (χ2v) is 12.9. The number of hydrogen-bond donors (Lipinski definition) is 3. The van der Waals surface area contributed by atoms with Gasteiger partial charge in [-0.2, -0.15) is 0 Å². The Labute approximate surface area is 188 Å². The predicted octanol–water partition coefficient (Wildman–Crippen LogP) is 4.26. The van der Waals surface area contributed by atoms with Crippen LogP contribution in [0.1, 0.15) is 79.1 Å². The normalized spacial score (nSPS) is 60.7. The minimum atomic E-state index is -0.410. The Morgan fingerprint density at radius 1 is 1.06 bits per heavy atom. The first-order valence-electron chi connectivity index (χ1n) is 13.2. The van der Waals surface area contributed by atoms with Crippen LogP contribution in [0.4, 0.5) is 0 Å². The molecule has 0 unspecified atom stereocenters. The molecule has 6 aliphatic rings. The average Bonchev–Trinajstić information content (AvgIpc) is 3.16. The van der Waals surface area contributed by atoms with Crippen LogP contribution in [0.3, 0.4) is 0 Å². The number of aliphatic hydroxyl groups excluding tert-OH is 2. The minimum Gasteiger partial charge on any atom is -0.393 e. The summed E-state index contributed by atoms with van der Waals surface area (Å²) in [7, 11) is 0. The molecule has 0 aromatic rings. The monoisotopic (exact) mass is 429 g/mol. The molecule has 2 heterocycles. The van der Waals surface area contributed by atoms with Crippen LogP contribution in [0, 0.1) is 46.3 Å². The van der Waals surface area contributed by atoms with E-state index in [1.165, 1.54) is 31.3 Å². The number of fused-ring (bicyclic) bond motifs is 7. The zero-order chi connectivity index (χ0) is 21.8. The number of hydrogen-bond acceptors (Lipinski definition) is 4. The largest absolute Gasteiger partial charge is 0.393 e. The predicted molar refractivity (Wildman–Crippen MR) is 121 cm³/mol. The van der Waals surface area contributed by atoms with Crippen LogP contribution in [0.5, 0.6) is 0 Å². The van der Waals surface area contributed by atoms with Crippen molar-refractivity contribution in [3.8, 4) is 0 Å². The van der Waals surface area contributed by atoms with E-state index in [2.05, 4.69) is 39.1 Å². The van der Waals surface area contributed by atoms with E-state index in [4.69, 9.17) is 4.74 Å². The van der Waals surface area contributed by atoms with Crippen LogP contribution in [0.15, 0.2) is 11.6 Å². The molecule has 174 valence electrons. The van der Waals surface area contributed by atoms with E-state index in [9.17, 15) is 10.2 Å². The zero-order valence-corrected chi connectivity index (χ0v) is 19.9. The van der Waals surface area contributed by atoms with Gasteiger partial charge in [0.1, 0.15) is 5.72 Å². The molecule has 4 aliphatic carbocycles. The third-order valence-corrected chi connectivity index (χ3v) is 11.7. The third-order valence-electron chi connectivity index (χ3n) is 11.7. The highest BCUT2D eigenvalue weighted by Crippen LogP contribution is 2.70. The summed E-state index contributed by atoms with van der Waals surface area (Å²) in [4.78, 5) is 0. The van der Waals surface area contributed by atoms with Gasteiger partial charge in [-0.25, -0.2) is 0 Å². The van der Waals surface area contributed by atoms with Crippen molar-refractivity contribution < 1.29 is 14.9 Å². The van der Waals surface area contributed by atoms with Crippen molar-refractivity contribution >= 4 is 0 Å². The van der Waals surface area contributed by atoms with Crippen LogP contribution < -0.4 is 5.32 Å². The van der Waals surface area contributed by atoms with Crippen LogP contribution >= 0.6 is 0 Å². The molecule has 0 radical (unpaired) electrons. The van der Waals surface area contributed by atoms with Crippen molar-refractivity contribution in [3.63, 3.8) is 0 Å². The topological polar surface area (TPSA) is 61.7 Å². The molecule has 3 N–H and O–H groups in total. The van der Waals surface area contributed by atoms with Gasteiger partial charge in [0.25, 0.3) is 0 Å². The molecule has 2 aliphatic heterocycles. The van der Waals surface area contributed by atoms with Gasteiger partial charge in [0, 0.05) is 24.3 Å². The lowest BCUT2D eigenvalue weighted by Gasteiger charge is -2.59. The maximum Gasteiger partial charge on any atom is 0.122 e. The number of rotatable bonds is 0. The minimum absolute atomic E-state index is 0.0893. The summed E-state index contributed by atoms with van der Waals surface area (Å²) < 4.78 is 6.97. The molecule has 3 saturated carbocycles. The van der Waals surface area contributed by atoms with E-state index >= 15 is 0 Å². The van der Waals surface area contributed by atoms with Crippen LogP contribution in [0.25, 0.3) is 0 Å². The molecule has 1 spiro atoms. The number of allylic oxidation sites excluding steroid dienone is 1. The molecule has 0 aromatic heterocycles. The highest BCUT2D eigenvalue weighted by molar-refractivity contribution is 5.28. The Bertz CT molecular complexity index is 772. The first kappa shape index (κ1) is 21.1. The highest BCUT2D eigenvalue weighted by atomic mass is 16.5. The first-order chi connectivity index (χ1) is 14.7. The number of nitrogens with one attached hydrogen (secondary N) is 1. The SMILES string of the molecule is C[C@H]1CC[C@@]2(NC1)O[C@@H]1C[C@@H]3[C@@H]4CC=C5C[C@@H](O)C[C@@H](O)[C@]5(C)[C@@H]4CC[C@]3(C)[C@H]1[C@@H]2C. The Kier molecular flexibility index (Phi) is 4.64. The van der Waals surface area contributed by atoms with E-state index < -0.39 is 6.10 Å². The molecular formula is C27H43NO3. The summed E-state index contributed by atoms with van der Waals surface area (Å²) in [5.41, 5.74) is 1.45. The molecule has 0 bridgehead atoms. The average molecular weight is 430 g/mol. The van der Waals surface area contributed by atoms with Gasteiger partial charge in [0.05, 0.1) is 18.3 Å². The fraction of sp³-hybridized carbons (Fsp3) is 0.926. The molecule has 0 aromatic carbocycles. The van der Waals surface area contributed by atoms with Gasteiger partial charge < -0.3 is 14.9 Å². The quantitative estimate of drug-likeness (QED) is 0.504. The molecular weight excluding hydrogens is 386 g/mol. The second-order valence-electron chi connectivity index (χ2n) is 12.9. The molecule has 12 atom stereocenters. The molecule has 4 heteroatoms. The van der Waals surface area contributed by atoms with Crippen LogP contribution in [-0.2, 0) is 4.74 Å². The lowest BCUT2D eigenvalue weighted by molar-refractivity contribution is -0.125. The summed E-state index contributed by atoms with van der Waals surface area (Å²) in [6.45, 7) is 10.8. The molecule has 2 saturated heterocycles. The second kappa shape index (κ2) is 6.81. The first-order valence-corrected chi connectivity index (χ1v) is 13.2. The Morgan fingerprint density at radius 3 is 2.61 bits per heavy atom. The summed E-state index contributed by atoms with van der Waals surface area (Å²) in [5.74, 6) is 3.86. The maximum absolute atomic E-state index is 11.1. The lowest BCUT2D eigenvalue weighted by atomic mass is 9.46. The number of piperidine rings is 1. The van der Waals surface area contributed by atoms with Gasteiger partial charge in [-0.15, -0.1) is 0 Å². The Balaban J connectivity index is 1.29. The van der Waals surface area contributed by atoms with Gasteiger partial charge in [-0.3, -0.25) is 5.32 Å². The van der Waals surface area contributed by atoms with Crippen LogP contribution in [-0.4, -0.2) is 40.8 Å². The maximum atomic E-state index is 11.1. The molecule has 31 heavy (non-hydrogen) atoms. The highest BCUT2D eigenvalue weighted by Gasteiger charge is 2.68. The van der Waals surface area contributed by atoms with Crippen molar-refractivity contribution in [2.75, 3.05) is 6.54 Å². The Hall–Kier alpha value is -0.420. The fourth-order valence-corrected chi connectivity index (χ4v) is 9.90. The smallest absolute Gasteiger partial charge is 0.122 e. The van der Waals surface area contributed by atoms with Gasteiger partial charge in [-0.1, -0.05) is 39.3 Å². The van der Waals surface area contributed by atoms with E-state index in [-0.39, 0.29) is 17.2 Å². The van der Waals surface area contributed by atoms with Gasteiger partial charge in [0.2, 0.25) is 0 Å². The van der Waals surface area contributed by atoms with Crippen molar-refractivity contribution in [1.29, 1.82) is 0 Å². The lowest BCUT2D eigenvalue weighted by Crippen LogP contribution is -2.58. The number of ether oxygens (including phenoxy) is 1.